The van der Waals surface area contributed by atoms with E-state index < -0.39 is 0 Å². The van der Waals surface area contributed by atoms with Gasteiger partial charge in [0.2, 0.25) is 0 Å². The van der Waals surface area contributed by atoms with E-state index >= 15 is 0 Å². The van der Waals surface area contributed by atoms with Crippen LogP contribution in [0, 0.1) is 0 Å². The lowest BCUT2D eigenvalue weighted by molar-refractivity contribution is 0.0854. The van der Waals surface area contributed by atoms with E-state index in [0.717, 1.165) is 5.56 Å². The molecule has 0 heterocycles. The van der Waals surface area contributed by atoms with Crippen molar-refractivity contribution in [2.75, 3.05) is 13.7 Å². The van der Waals surface area contributed by atoms with Crippen molar-refractivity contribution in [3.8, 4) is 0 Å². The third kappa shape index (κ3) is 2.79. The van der Waals surface area contributed by atoms with Gasteiger partial charge in [-0.15, -0.1) is 0 Å². The van der Waals surface area contributed by atoms with Crippen LogP contribution < -0.4 is 0 Å². The molecule has 0 aliphatic rings. The van der Waals surface area contributed by atoms with E-state index in [1.54, 1.807) is 7.11 Å². The van der Waals surface area contributed by atoms with E-state index in [-0.39, 0.29) is 17.5 Å². The lowest BCUT2D eigenvalue weighted by Gasteiger charge is -2.19. The third-order valence-electron chi connectivity index (χ3n) is 1.88. The first-order valence-electron chi connectivity index (χ1n) is 4.12. The Morgan fingerprint density at radius 1 is 1.38 bits per heavy atom. The van der Waals surface area contributed by atoms with Gasteiger partial charge in [-0.3, -0.25) is 0 Å². The van der Waals surface area contributed by atoms with E-state index in [9.17, 15) is 0 Å². The van der Waals surface area contributed by atoms with Crippen LogP contribution in [-0.2, 0) is 4.74 Å². The highest BCUT2D eigenvalue weighted by molar-refractivity contribution is 9.09. The van der Waals surface area contributed by atoms with E-state index in [4.69, 9.17) is 9.84 Å². The highest BCUT2D eigenvalue weighted by Gasteiger charge is 2.18. The van der Waals surface area contributed by atoms with Gasteiger partial charge in [0.25, 0.3) is 0 Å². The Morgan fingerprint density at radius 2 is 2.00 bits per heavy atom. The van der Waals surface area contributed by atoms with Crippen LogP contribution in [-0.4, -0.2) is 23.7 Å². The van der Waals surface area contributed by atoms with Gasteiger partial charge in [-0.1, -0.05) is 46.3 Å². The summed E-state index contributed by atoms with van der Waals surface area (Å²) in [5.74, 6) is 0. The lowest BCUT2D eigenvalue weighted by Crippen LogP contribution is -2.17. The summed E-state index contributed by atoms with van der Waals surface area (Å²) < 4.78 is 5.28. The number of alkyl halides is 1. The Morgan fingerprint density at radius 3 is 2.46 bits per heavy atom. The average Bonchev–Trinajstić information content (AvgIpc) is 2.20. The molecule has 1 rings (SSSR count). The van der Waals surface area contributed by atoms with Gasteiger partial charge >= 0.3 is 0 Å². The van der Waals surface area contributed by atoms with Gasteiger partial charge in [0.05, 0.1) is 17.5 Å². The van der Waals surface area contributed by atoms with Crippen molar-refractivity contribution in [3.63, 3.8) is 0 Å². The number of rotatable bonds is 4. The van der Waals surface area contributed by atoms with Crippen molar-refractivity contribution in [2.24, 2.45) is 0 Å². The van der Waals surface area contributed by atoms with Crippen molar-refractivity contribution < 1.29 is 9.84 Å². The second-order valence-corrected chi connectivity index (χ2v) is 3.94. The second-order valence-electron chi connectivity index (χ2n) is 2.77. The molecule has 0 saturated carbocycles. The molecule has 0 amide bonds. The molecule has 3 heteroatoms. The molecule has 2 nitrogen and oxygen atoms in total. The maximum Gasteiger partial charge on any atom is 0.0968 e. The number of halogens is 1. The van der Waals surface area contributed by atoms with Gasteiger partial charge in [-0.2, -0.15) is 0 Å². The van der Waals surface area contributed by atoms with Crippen LogP contribution in [0.4, 0.5) is 0 Å². The zero-order valence-electron chi connectivity index (χ0n) is 7.48. The Hall–Kier alpha value is -0.380. The number of methoxy groups -OCH3 is 1. The van der Waals surface area contributed by atoms with Crippen LogP contribution in [0.25, 0.3) is 0 Å². The molecule has 0 aliphatic carbocycles. The van der Waals surface area contributed by atoms with Gasteiger partial charge in [0, 0.05) is 7.11 Å². The van der Waals surface area contributed by atoms with Gasteiger partial charge in [0.1, 0.15) is 0 Å². The average molecular weight is 245 g/mol. The normalized spacial score (nSPS) is 15.3. The molecule has 0 bridgehead atoms. The number of ether oxygens (including phenoxy) is 1. The van der Waals surface area contributed by atoms with Gasteiger partial charge in [0.15, 0.2) is 0 Å². The summed E-state index contributed by atoms with van der Waals surface area (Å²) in [5, 5.41) is 8.97. The van der Waals surface area contributed by atoms with E-state index in [0.29, 0.717) is 0 Å². The fourth-order valence-electron chi connectivity index (χ4n) is 1.23. The highest BCUT2D eigenvalue weighted by Crippen LogP contribution is 2.24. The summed E-state index contributed by atoms with van der Waals surface area (Å²) in [6, 6.07) is 9.84. The number of benzene rings is 1. The first kappa shape index (κ1) is 10.7. The minimum atomic E-state index is -0.0915. The van der Waals surface area contributed by atoms with E-state index in [1.165, 1.54) is 0 Å². The molecule has 0 unspecified atom stereocenters. The largest absolute Gasteiger partial charge is 0.395 e. The van der Waals surface area contributed by atoms with Gasteiger partial charge in [-0.05, 0) is 5.56 Å². The molecule has 2 atom stereocenters. The molecule has 0 aliphatic heterocycles. The van der Waals surface area contributed by atoms with Crippen molar-refractivity contribution in [1.82, 2.24) is 0 Å². The first-order chi connectivity index (χ1) is 6.29. The van der Waals surface area contributed by atoms with Gasteiger partial charge in [-0.25, -0.2) is 0 Å². The molecule has 1 N–H and O–H groups in total. The molecule has 1 aromatic carbocycles. The predicted octanol–water partition coefficient (Wildman–Crippen LogP) is 2.13. The maximum atomic E-state index is 8.97. The quantitative estimate of drug-likeness (QED) is 0.823. The second kappa shape index (κ2) is 5.37. The summed E-state index contributed by atoms with van der Waals surface area (Å²) in [6.45, 7) is 0.0629. The van der Waals surface area contributed by atoms with Crippen LogP contribution in [0.15, 0.2) is 30.3 Å². The lowest BCUT2D eigenvalue weighted by atomic mass is 10.1. The van der Waals surface area contributed by atoms with Crippen molar-refractivity contribution >= 4 is 15.9 Å². The molecule has 0 aromatic heterocycles. The van der Waals surface area contributed by atoms with E-state index in [2.05, 4.69) is 15.9 Å². The molecular weight excluding hydrogens is 232 g/mol. The number of hydrogen-bond acceptors (Lipinski definition) is 2. The topological polar surface area (TPSA) is 29.5 Å². The van der Waals surface area contributed by atoms with Crippen LogP contribution >= 0.6 is 15.9 Å². The third-order valence-corrected chi connectivity index (χ3v) is 2.65. The zero-order chi connectivity index (χ0) is 9.68. The standard InChI is InChI=1S/C10H13BrO2/c1-13-10(9(11)7-12)8-5-3-2-4-6-8/h2-6,9-10,12H,7H2,1H3/t9-,10+/m0/s1. The van der Waals surface area contributed by atoms with E-state index in [1.807, 2.05) is 30.3 Å². The Balaban J connectivity index is 2.78. The summed E-state index contributed by atoms with van der Waals surface area (Å²) in [7, 11) is 1.64. The number of aliphatic hydroxyl groups excluding tert-OH is 1. The highest BCUT2D eigenvalue weighted by atomic mass is 79.9. The summed E-state index contributed by atoms with van der Waals surface area (Å²) in [6.07, 6.45) is -0.0915. The minimum Gasteiger partial charge on any atom is -0.395 e. The van der Waals surface area contributed by atoms with Crippen LogP contribution in [0.5, 0.6) is 0 Å². The van der Waals surface area contributed by atoms with Gasteiger partial charge < -0.3 is 9.84 Å². The Labute approximate surface area is 86.7 Å². The molecule has 0 spiro atoms. The van der Waals surface area contributed by atoms with Crippen LogP contribution in [0.2, 0.25) is 0 Å². The Bertz CT molecular complexity index is 238. The Kier molecular flexibility index (Phi) is 4.42. The molecule has 0 fully saturated rings. The SMILES string of the molecule is CO[C@H](c1ccccc1)[C@@H](Br)CO. The fraction of sp³-hybridized carbons (Fsp3) is 0.400. The molecule has 1 aromatic rings. The molecular formula is C10H13BrO2. The summed E-state index contributed by atoms with van der Waals surface area (Å²) in [4.78, 5) is -0.0556. The molecule has 0 radical (unpaired) electrons. The zero-order valence-corrected chi connectivity index (χ0v) is 9.07. The smallest absolute Gasteiger partial charge is 0.0968 e. The maximum absolute atomic E-state index is 8.97. The molecule has 13 heavy (non-hydrogen) atoms. The van der Waals surface area contributed by atoms with Crippen LogP contribution in [0.1, 0.15) is 11.7 Å². The molecule has 0 saturated heterocycles. The summed E-state index contributed by atoms with van der Waals surface area (Å²) >= 11 is 3.37. The van der Waals surface area contributed by atoms with Crippen LogP contribution in [0.3, 0.4) is 0 Å². The van der Waals surface area contributed by atoms with Crippen molar-refractivity contribution in [2.45, 2.75) is 10.9 Å². The minimum absolute atomic E-state index is 0.0556. The predicted molar refractivity (Wildman–Crippen MR) is 56.0 cm³/mol. The first-order valence-corrected chi connectivity index (χ1v) is 5.04. The number of hydrogen-bond donors (Lipinski definition) is 1. The fourth-order valence-corrected chi connectivity index (χ4v) is 1.75. The van der Waals surface area contributed by atoms with Crippen molar-refractivity contribution in [3.05, 3.63) is 35.9 Å². The monoisotopic (exact) mass is 244 g/mol. The van der Waals surface area contributed by atoms with Crippen molar-refractivity contribution in [1.29, 1.82) is 0 Å². The number of aliphatic hydroxyl groups is 1. The molecule has 72 valence electrons. The summed E-state index contributed by atoms with van der Waals surface area (Å²) in [5.41, 5.74) is 1.07.